The molecule has 2 aromatic heterocycles. The maximum absolute atomic E-state index is 13.9. The van der Waals surface area contributed by atoms with Gasteiger partial charge in [0, 0.05) is 59.8 Å². The third-order valence-electron chi connectivity index (χ3n) is 8.31. The predicted octanol–water partition coefficient (Wildman–Crippen LogP) is 5.90. The molecule has 38 heavy (non-hydrogen) atoms. The molecule has 1 N–H and O–H groups in total. The lowest BCUT2D eigenvalue weighted by Gasteiger charge is -2.49. The Morgan fingerprint density at radius 2 is 1.82 bits per heavy atom. The van der Waals surface area contributed by atoms with Crippen LogP contribution in [0.2, 0.25) is 0 Å². The van der Waals surface area contributed by atoms with Gasteiger partial charge in [0.15, 0.2) is 5.82 Å². The summed E-state index contributed by atoms with van der Waals surface area (Å²) in [6, 6.07) is 9.27. The molecular weight excluding hydrogens is 488 g/mol. The summed E-state index contributed by atoms with van der Waals surface area (Å²) in [4.78, 5) is 28.9. The van der Waals surface area contributed by atoms with Gasteiger partial charge in [-0.1, -0.05) is 12.8 Å². The van der Waals surface area contributed by atoms with Crippen molar-refractivity contribution in [3.8, 4) is 11.4 Å². The largest absolute Gasteiger partial charge is 0.448 e. The second-order valence-corrected chi connectivity index (χ2v) is 10.6. The van der Waals surface area contributed by atoms with Gasteiger partial charge in [-0.05, 0) is 68.5 Å². The summed E-state index contributed by atoms with van der Waals surface area (Å²) in [6.07, 6.45) is 9.63. The van der Waals surface area contributed by atoms with Crippen LogP contribution in [-0.2, 0) is 4.74 Å². The van der Waals surface area contributed by atoms with Gasteiger partial charge in [-0.25, -0.2) is 23.5 Å². The van der Waals surface area contributed by atoms with Gasteiger partial charge in [-0.15, -0.1) is 0 Å². The summed E-state index contributed by atoms with van der Waals surface area (Å²) in [7, 11) is 0. The minimum Gasteiger partial charge on any atom is -0.448 e. The molecule has 1 unspecified atom stereocenters. The van der Waals surface area contributed by atoms with E-state index in [1.54, 1.807) is 12.4 Å². The van der Waals surface area contributed by atoms with Gasteiger partial charge in [-0.3, -0.25) is 15.2 Å². The molecule has 2 bridgehead atoms. The van der Waals surface area contributed by atoms with Crippen molar-refractivity contribution in [2.75, 3.05) is 25.0 Å². The van der Waals surface area contributed by atoms with Gasteiger partial charge in [-0.2, -0.15) is 0 Å². The molecule has 198 valence electrons. The number of amides is 1. The summed E-state index contributed by atoms with van der Waals surface area (Å²) < 4.78 is 32.4. The summed E-state index contributed by atoms with van der Waals surface area (Å²) >= 11 is 0. The average molecular weight is 520 g/mol. The van der Waals surface area contributed by atoms with E-state index in [-0.39, 0.29) is 18.3 Å². The van der Waals surface area contributed by atoms with Crippen LogP contribution in [0.25, 0.3) is 11.4 Å². The van der Waals surface area contributed by atoms with Crippen LogP contribution in [0.1, 0.15) is 61.7 Å². The minimum atomic E-state index is -0.835. The molecule has 3 saturated heterocycles. The van der Waals surface area contributed by atoms with Crippen molar-refractivity contribution < 1.29 is 18.3 Å². The molecule has 4 aliphatic rings. The average Bonchev–Trinajstić information content (AvgIpc) is 3.49. The summed E-state index contributed by atoms with van der Waals surface area (Å²) in [5.74, 6) is 0.456. The molecule has 7 nitrogen and oxygen atoms in total. The van der Waals surface area contributed by atoms with Crippen molar-refractivity contribution in [2.24, 2.45) is 5.92 Å². The Morgan fingerprint density at radius 1 is 1.03 bits per heavy atom. The molecule has 1 aromatic carbocycles. The van der Waals surface area contributed by atoms with Crippen LogP contribution >= 0.6 is 0 Å². The highest BCUT2D eigenvalue weighted by molar-refractivity contribution is 5.84. The highest BCUT2D eigenvalue weighted by atomic mass is 19.1. The SMILES string of the molecule is O=C(Nc1ccc(F)cc1F)OC[C@H]1C[C@@H]2CCN1C[C@@H]2c1cc(C2CCCC2)nc(-c2ccncc2)n1. The predicted molar refractivity (Wildman–Crippen MR) is 139 cm³/mol. The zero-order valence-corrected chi connectivity index (χ0v) is 21.2. The fraction of sp³-hybridized carbons (Fsp3) is 0.448. The molecule has 1 saturated carbocycles. The molecular formula is C29H31F2N5O2. The molecule has 0 spiro atoms. The maximum atomic E-state index is 13.9. The fourth-order valence-electron chi connectivity index (χ4n) is 6.29. The molecule has 3 aliphatic heterocycles. The van der Waals surface area contributed by atoms with Crippen LogP contribution in [-0.4, -0.2) is 51.7 Å². The number of carbonyl (C=O) groups is 1. The number of rotatable bonds is 6. The van der Waals surface area contributed by atoms with Crippen LogP contribution < -0.4 is 5.32 Å². The van der Waals surface area contributed by atoms with E-state index in [1.807, 2.05) is 12.1 Å². The minimum absolute atomic E-state index is 0.102. The van der Waals surface area contributed by atoms with Gasteiger partial charge in [0.25, 0.3) is 0 Å². The van der Waals surface area contributed by atoms with E-state index in [9.17, 15) is 13.6 Å². The lowest BCUT2D eigenvalue weighted by atomic mass is 9.74. The number of piperidine rings is 3. The van der Waals surface area contributed by atoms with Crippen molar-refractivity contribution in [1.82, 2.24) is 19.9 Å². The standard InChI is InChI=1S/C29H31F2N5O2/c30-21-5-6-25(24(31)14-21)35-29(37)38-17-22-13-20-9-12-36(22)16-23(20)27-15-26(18-3-1-2-4-18)33-28(34-27)19-7-10-32-11-8-19/h5-8,10-11,14-15,18,20,22-23H,1-4,9,12-13,16-17H2,(H,35,37)/t20-,22+,23-/m0/s1. The number of hydrogen-bond acceptors (Lipinski definition) is 6. The zero-order valence-electron chi connectivity index (χ0n) is 21.2. The van der Waals surface area contributed by atoms with E-state index in [0.29, 0.717) is 17.8 Å². The van der Waals surface area contributed by atoms with Crippen molar-refractivity contribution in [1.29, 1.82) is 0 Å². The summed E-state index contributed by atoms with van der Waals surface area (Å²) in [5.41, 5.74) is 3.14. The lowest BCUT2D eigenvalue weighted by Crippen LogP contribution is -2.54. The number of nitrogens with one attached hydrogen (secondary N) is 1. The Hall–Kier alpha value is -3.46. The molecule has 1 amide bonds. The Bertz CT molecular complexity index is 1300. The first-order chi connectivity index (χ1) is 18.5. The number of benzene rings is 1. The second-order valence-electron chi connectivity index (χ2n) is 10.6. The van der Waals surface area contributed by atoms with Crippen molar-refractivity contribution in [3.05, 3.63) is 71.8 Å². The number of halogens is 2. The van der Waals surface area contributed by atoms with E-state index in [1.165, 1.54) is 31.7 Å². The zero-order chi connectivity index (χ0) is 26.1. The van der Waals surface area contributed by atoms with E-state index in [0.717, 1.165) is 60.8 Å². The van der Waals surface area contributed by atoms with Crippen molar-refractivity contribution in [2.45, 2.75) is 56.4 Å². The van der Waals surface area contributed by atoms with Crippen LogP contribution in [0.3, 0.4) is 0 Å². The van der Waals surface area contributed by atoms with Crippen LogP contribution in [0.4, 0.5) is 19.3 Å². The number of fused-ring (bicyclic) bond motifs is 3. The molecule has 3 aromatic rings. The van der Waals surface area contributed by atoms with Gasteiger partial charge in [0.05, 0.1) is 5.69 Å². The monoisotopic (exact) mass is 519 g/mol. The van der Waals surface area contributed by atoms with Crippen molar-refractivity contribution in [3.63, 3.8) is 0 Å². The first-order valence-corrected chi connectivity index (χ1v) is 13.5. The van der Waals surface area contributed by atoms with E-state index < -0.39 is 17.7 Å². The number of nitrogens with zero attached hydrogens (tertiary/aromatic N) is 4. The Labute approximate surface area is 220 Å². The van der Waals surface area contributed by atoms with Gasteiger partial charge >= 0.3 is 6.09 Å². The quantitative estimate of drug-likeness (QED) is 0.437. The first-order valence-electron chi connectivity index (χ1n) is 13.5. The Kier molecular flexibility index (Phi) is 7.02. The third-order valence-corrected chi connectivity index (χ3v) is 8.31. The molecule has 4 atom stereocenters. The molecule has 4 fully saturated rings. The Morgan fingerprint density at radius 3 is 2.55 bits per heavy atom. The summed E-state index contributed by atoms with van der Waals surface area (Å²) in [5, 5.41) is 2.37. The van der Waals surface area contributed by atoms with Gasteiger partial charge in [0.2, 0.25) is 0 Å². The molecule has 9 heteroatoms. The van der Waals surface area contributed by atoms with Gasteiger partial charge < -0.3 is 4.74 Å². The maximum Gasteiger partial charge on any atom is 0.411 e. The molecule has 1 aliphatic carbocycles. The number of aromatic nitrogens is 3. The van der Waals surface area contributed by atoms with E-state index in [4.69, 9.17) is 14.7 Å². The van der Waals surface area contributed by atoms with Crippen LogP contribution in [0.15, 0.2) is 48.8 Å². The van der Waals surface area contributed by atoms with Crippen LogP contribution in [0.5, 0.6) is 0 Å². The molecule has 5 heterocycles. The number of ether oxygens (including phenoxy) is 1. The molecule has 7 rings (SSSR count). The number of anilines is 1. The number of carbonyl (C=O) groups excluding carboxylic acids is 1. The van der Waals surface area contributed by atoms with Gasteiger partial charge in [0.1, 0.15) is 18.2 Å². The highest BCUT2D eigenvalue weighted by Crippen LogP contribution is 2.43. The number of hydrogen-bond donors (Lipinski definition) is 1. The fourth-order valence-corrected chi connectivity index (χ4v) is 6.29. The van der Waals surface area contributed by atoms with E-state index in [2.05, 4.69) is 21.3 Å². The highest BCUT2D eigenvalue weighted by Gasteiger charge is 2.42. The normalized spacial score (nSPS) is 24.9. The number of pyridine rings is 1. The summed E-state index contributed by atoms with van der Waals surface area (Å²) in [6.45, 7) is 2.02. The third kappa shape index (κ3) is 5.25. The topological polar surface area (TPSA) is 80.2 Å². The first kappa shape index (κ1) is 24.9. The van der Waals surface area contributed by atoms with Crippen LogP contribution in [0, 0.1) is 17.6 Å². The second kappa shape index (κ2) is 10.7. The Balaban J connectivity index is 1.15. The smallest absolute Gasteiger partial charge is 0.411 e. The van der Waals surface area contributed by atoms with Crippen molar-refractivity contribution >= 4 is 11.8 Å². The lowest BCUT2D eigenvalue weighted by molar-refractivity contribution is -0.00150. The molecule has 0 radical (unpaired) electrons. The van der Waals surface area contributed by atoms with E-state index >= 15 is 0 Å².